The molecule has 0 amide bonds. The van der Waals surface area contributed by atoms with E-state index in [0.29, 0.717) is 0 Å². The molecule has 0 aliphatic rings. The average molecular weight is 263 g/mol. The molecule has 0 aliphatic carbocycles. The van der Waals surface area contributed by atoms with E-state index in [1.807, 2.05) is 36.4 Å². The van der Waals surface area contributed by atoms with Gasteiger partial charge in [0.05, 0.1) is 5.92 Å². The van der Waals surface area contributed by atoms with Crippen LogP contribution < -0.4 is 5.73 Å². The second-order valence-corrected chi connectivity index (χ2v) is 4.26. The molecule has 0 bridgehead atoms. The number of aliphatic carboxylic acids is 2. The van der Waals surface area contributed by atoms with Gasteiger partial charge in [-0.05, 0) is 18.4 Å². The lowest BCUT2D eigenvalue weighted by atomic mass is 9.96. The summed E-state index contributed by atoms with van der Waals surface area (Å²) in [5.41, 5.74) is 6.32. The van der Waals surface area contributed by atoms with Crippen molar-refractivity contribution >= 4 is 18.0 Å². The molecule has 5 nitrogen and oxygen atoms in total. The molecule has 0 heterocycles. The third-order valence-corrected chi connectivity index (χ3v) is 2.74. The van der Waals surface area contributed by atoms with E-state index in [0.717, 1.165) is 5.56 Å². The van der Waals surface area contributed by atoms with Crippen molar-refractivity contribution in [2.45, 2.75) is 18.9 Å². The lowest BCUT2D eigenvalue weighted by molar-refractivity contribution is -0.143. The molecular weight excluding hydrogens is 246 g/mol. The second-order valence-electron chi connectivity index (χ2n) is 4.26. The number of hydrogen-bond donors (Lipinski definition) is 3. The number of allylic oxidation sites excluding steroid dienone is 1. The van der Waals surface area contributed by atoms with E-state index in [1.165, 1.54) is 0 Å². The van der Waals surface area contributed by atoms with Crippen LogP contribution in [0.1, 0.15) is 18.4 Å². The standard InChI is InChI=1S/C14H17NO4/c15-12(14(18)19)9-11(13(16)17)8-4-7-10-5-2-1-3-6-10/h1-7,11-12H,8-9,15H2,(H,16,17)(H,18,19)/t11?,12-/m0/s1. The van der Waals surface area contributed by atoms with Crippen molar-refractivity contribution in [3.63, 3.8) is 0 Å². The monoisotopic (exact) mass is 263 g/mol. The van der Waals surface area contributed by atoms with E-state index >= 15 is 0 Å². The zero-order valence-electron chi connectivity index (χ0n) is 10.4. The van der Waals surface area contributed by atoms with Gasteiger partial charge in [0.1, 0.15) is 6.04 Å². The Balaban J connectivity index is 2.57. The topological polar surface area (TPSA) is 101 Å². The fourth-order valence-corrected chi connectivity index (χ4v) is 1.64. The van der Waals surface area contributed by atoms with Gasteiger partial charge in [-0.2, -0.15) is 0 Å². The van der Waals surface area contributed by atoms with E-state index in [-0.39, 0.29) is 12.8 Å². The maximum absolute atomic E-state index is 11.0. The van der Waals surface area contributed by atoms with Gasteiger partial charge in [-0.1, -0.05) is 42.5 Å². The van der Waals surface area contributed by atoms with Crippen LogP contribution in [0.2, 0.25) is 0 Å². The lowest BCUT2D eigenvalue weighted by Gasteiger charge is -2.12. The highest BCUT2D eigenvalue weighted by atomic mass is 16.4. The molecule has 0 spiro atoms. The minimum Gasteiger partial charge on any atom is -0.481 e. The van der Waals surface area contributed by atoms with E-state index in [1.54, 1.807) is 6.08 Å². The molecule has 2 atom stereocenters. The van der Waals surface area contributed by atoms with E-state index in [2.05, 4.69) is 0 Å². The first-order valence-corrected chi connectivity index (χ1v) is 5.93. The molecule has 0 radical (unpaired) electrons. The molecule has 0 saturated heterocycles. The van der Waals surface area contributed by atoms with Crippen molar-refractivity contribution in [3.8, 4) is 0 Å². The molecule has 0 fully saturated rings. The van der Waals surface area contributed by atoms with Gasteiger partial charge in [-0.3, -0.25) is 9.59 Å². The van der Waals surface area contributed by atoms with Gasteiger partial charge in [-0.15, -0.1) is 0 Å². The molecule has 1 aromatic rings. The van der Waals surface area contributed by atoms with Crippen LogP contribution in [0.3, 0.4) is 0 Å². The third kappa shape index (κ3) is 5.35. The predicted molar refractivity (Wildman–Crippen MR) is 71.4 cm³/mol. The maximum Gasteiger partial charge on any atom is 0.320 e. The predicted octanol–water partition coefficient (Wildman–Crippen LogP) is 1.59. The molecule has 102 valence electrons. The van der Waals surface area contributed by atoms with Crippen LogP contribution in [0.5, 0.6) is 0 Å². The van der Waals surface area contributed by atoms with Crippen molar-refractivity contribution in [1.82, 2.24) is 0 Å². The van der Waals surface area contributed by atoms with E-state index in [9.17, 15) is 9.59 Å². The Bertz CT molecular complexity index is 456. The van der Waals surface area contributed by atoms with E-state index in [4.69, 9.17) is 15.9 Å². The number of carbonyl (C=O) groups is 2. The van der Waals surface area contributed by atoms with Crippen LogP contribution in [0.25, 0.3) is 6.08 Å². The Morgan fingerprint density at radius 1 is 1.16 bits per heavy atom. The van der Waals surface area contributed by atoms with Crippen LogP contribution in [-0.2, 0) is 9.59 Å². The first-order valence-electron chi connectivity index (χ1n) is 5.93. The van der Waals surface area contributed by atoms with Crippen LogP contribution >= 0.6 is 0 Å². The molecule has 0 aliphatic heterocycles. The first-order chi connectivity index (χ1) is 9.00. The SMILES string of the molecule is N[C@@H](CC(CC=Cc1ccccc1)C(=O)O)C(=O)O. The normalized spacial score (nSPS) is 14.2. The summed E-state index contributed by atoms with van der Waals surface area (Å²) in [7, 11) is 0. The average Bonchev–Trinajstić information content (AvgIpc) is 2.38. The summed E-state index contributed by atoms with van der Waals surface area (Å²) in [5, 5.41) is 17.7. The largest absolute Gasteiger partial charge is 0.481 e. The Hall–Kier alpha value is -2.14. The summed E-state index contributed by atoms with van der Waals surface area (Å²) in [5.74, 6) is -3.00. The van der Waals surface area contributed by atoms with Crippen molar-refractivity contribution in [1.29, 1.82) is 0 Å². The summed E-state index contributed by atoms with van der Waals surface area (Å²) in [6.45, 7) is 0. The Kier molecular flexibility index (Phi) is 5.75. The van der Waals surface area contributed by atoms with Gasteiger partial charge in [0.2, 0.25) is 0 Å². The van der Waals surface area contributed by atoms with Gasteiger partial charge in [-0.25, -0.2) is 0 Å². The minimum atomic E-state index is -1.18. The van der Waals surface area contributed by atoms with Crippen LogP contribution in [-0.4, -0.2) is 28.2 Å². The van der Waals surface area contributed by atoms with Gasteiger partial charge >= 0.3 is 11.9 Å². The molecule has 0 aromatic heterocycles. The second kappa shape index (κ2) is 7.33. The molecule has 1 unspecified atom stereocenters. The Morgan fingerprint density at radius 2 is 1.79 bits per heavy atom. The molecule has 1 aromatic carbocycles. The Labute approximate surface area is 111 Å². The third-order valence-electron chi connectivity index (χ3n) is 2.74. The summed E-state index contributed by atoms with van der Waals surface area (Å²) < 4.78 is 0. The zero-order valence-corrected chi connectivity index (χ0v) is 10.4. The van der Waals surface area contributed by atoms with Crippen LogP contribution in [0, 0.1) is 5.92 Å². The van der Waals surface area contributed by atoms with Crippen molar-refractivity contribution in [2.75, 3.05) is 0 Å². The highest BCUT2D eigenvalue weighted by Crippen LogP contribution is 2.13. The van der Waals surface area contributed by atoms with Gasteiger partial charge < -0.3 is 15.9 Å². The lowest BCUT2D eigenvalue weighted by Crippen LogP contribution is -2.34. The molecule has 4 N–H and O–H groups in total. The quantitative estimate of drug-likeness (QED) is 0.693. The minimum absolute atomic E-state index is 0.0796. The molecular formula is C14H17NO4. The number of rotatable bonds is 7. The summed E-state index contributed by atoms with van der Waals surface area (Å²) in [6, 6.07) is 8.31. The van der Waals surface area contributed by atoms with Crippen molar-refractivity contribution in [3.05, 3.63) is 42.0 Å². The number of hydrogen-bond acceptors (Lipinski definition) is 3. The number of benzene rings is 1. The highest BCUT2D eigenvalue weighted by Gasteiger charge is 2.23. The highest BCUT2D eigenvalue weighted by molar-refractivity contribution is 5.76. The summed E-state index contributed by atoms with van der Waals surface area (Å²) in [6.07, 6.45) is 3.71. The van der Waals surface area contributed by atoms with Crippen LogP contribution in [0.4, 0.5) is 0 Å². The van der Waals surface area contributed by atoms with Gasteiger partial charge in [0.25, 0.3) is 0 Å². The molecule has 19 heavy (non-hydrogen) atoms. The molecule has 0 saturated carbocycles. The number of nitrogens with two attached hydrogens (primary N) is 1. The molecule has 5 heteroatoms. The fourth-order valence-electron chi connectivity index (χ4n) is 1.64. The van der Waals surface area contributed by atoms with Crippen LogP contribution in [0.15, 0.2) is 36.4 Å². The first kappa shape index (κ1) is 14.9. The fraction of sp³-hybridized carbons (Fsp3) is 0.286. The van der Waals surface area contributed by atoms with Crippen molar-refractivity contribution in [2.24, 2.45) is 11.7 Å². The number of carboxylic acid groups (broad SMARTS) is 2. The summed E-state index contributed by atoms with van der Waals surface area (Å²) >= 11 is 0. The summed E-state index contributed by atoms with van der Waals surface area (Å²) in [4.78, 5) is 21.6. The zero-order chi connectivity index (χ0) is 14.3. The molecule has 1 rings (SSSR count). The van der Waals surface area contributed by atoms with Crippen molar-refractivity contribution < 1.29 is 19.8 Å². The van der Waals surface area contributed by atoms with Gasteiger partial charge in [0, 0.05) is 0 Å². The van der Waals surface area contributed by atoms with E-state index < -0.39 is 23.9 Å². The number of carboxylic acids is 2. The smallest absolute Gasteiger partial charge is 0.320 e. The van der Waals surface area contributed by atoms with Gasteiger partial charge in [0.15, 0.2) is 0 Å². The maximum atomic E-state index is 11.0. The Morgan fingerprint density at radius 3 is 2.32 bits per heavy atom.